The van der Waals surface area contributed by atoms with E-state index in [1.807, 2.05) is 12.3 Å². The Balaban J connectivity index is 1.43. The van der Waals surface area contributed by atoms with Crippen LogP contribution in [0.3, 0.4) is 0 Å². The van der Waals surface area contributed by atoms with Crippen molar-refractivity contribution in [1.82, 2.24) is 20.0 Å². The number of piperazine rings is 1. The molecular weight excluding hydrogens is 356 g/mol. The third-order valence-corrected chi connectivity index (χ3v) is 6.02. The first kappa shape index (κ1) is 18.4. The van der Waals surface area contributed by atoms with E-state index in [-0.39, 0.29) is 6.61 Å². The summed E-state index contributed by atoms with van der Waals surface area (Å²) in [6.45, 7) is 5.13. The number of hydrogen-bond acceptors (Lipinski definition) is 5. The summed E-state index contributed by atoms with van der Waals surface area (Å²) in [5, 5.41) is 21.3. The number of aromatic nitrogens is 2. The number of aliphatic hydroxyl groups is 1. The van der Waals surface area contributed by atoms with E-state index in [0.717, 1.165) is 44.8 Å². The van der Waals surface area contributed by atoms with Gasteiger partial charge in [0.25, 0.3) is 0 Å². The van der Waals surface area contributed by atoms with Gasteiger partial charge in [0.15, 0.2) is 0 Å². The van der Waals surface area contributed by atoms with E-state index in [1.54, 1.807) is 11.3 Å². The van der Waals surface area contributed by atoms with Gasteiger partial charge in [0.05, 0.1) is 11.9 Å². The molecule has 0 spiro atoms. The van der Waals surface area contributed by atoms with Crippen LogP contribution in [0.4, 0.5) is 0 Å². The molecule has 0 unspecified atom stereocenters. The Labute approximate surface area is 164 Å². The van der Waals surface area contributed by atoms with Crippen LogP contribution in [0, 0.1) is 0 Å². The molecule has 0 radical (unpaired) electrons. The van der Waals surface area contributed by atoms with Gasteiger partial charge in [-0.05, 0) is 34.4 Å². The molecule has 1 atom stereocenters. The summed E-state index contributed by atoms with van der Waals surface area (Å²) in [6.07, 6.45) is 2.76. The molecule has 4 rings (SSSR count). The van der Waals surface area contributed by atoms with E-state index in [2.05, 4.69) is 61.1 Å². The minimum atomic E-state index is 0.236. The Morgan fingerprint density at radius 3 is 2.81 bits per heavy atom. The number of aliphatic hydroxyl groups excluding tert-OH is 1. The van der Waals surface area contributed by atoms with Crippen LogP contribution >= 0.6 is 11.3 Å². The minimum absolute atomic E-state index is 0.236. The number of rotatable bonds is 7. The highest BCUT2D eigenvalue weighted by Crippen LogP contribution is 2.24. The van der Waals surface area contributed by atoms with Crippen LogP contribution < -0.4 is 0 Å². The van der Waals surface area contributed by atoms with Crippen molar-refractivity contribution in [2.45, 2.75) is 25.6 Å². The van der Waals surface area contributed by atoms with E-state index in [4.69, 9.17) is 0 Å². The first-order valence-corrected chi connectivity index (χ1v) is 10.4. The summed E-state index contributed by atoms with van der Waals surface area (Å²) in [5.74, 6) is 0. The van der Waals surface area contributed by atoms with Crippen molar-refractivity contribution in [3.8, 4) is 11.3 Å². The zero-order valence-corrected chi connectivity index (χ0v) is 16.2. The highest BCUT2D eigenvalue weighted by atomic mass is 32.1. The molecule has 3 aromatic rings. The molecule has 1 aliphatic rings. The Hall–Kier alpha value is -1.99. The number of nitrogens with one attached hydrogen (secondary N) is 1. The van der Waals surface area contributed by atoms with E-state index >= 15 is 0 Å². The van der Waals surface area contributed by atoms with Crippen molar-refractivity contribution < 1.29 is 5.11 Å². The smallest absolute Gasteiger partial charge is 0.0695 e. The van der Waals surface area contributed by atoms with Gasteiger partial charge in [-0.3, -0.25) is 14.9 Å². The van der Waals surface area contributed by atoms with Crippen molar-refractivity contribution in [1.29, 1.82) is 0 Å². The average Bonchev–Trinajstić information content (AvgIpc) is 3.37. The van der Waals surface area contributed by atoms with Gasteiger partial charge in [-0.2, -0.15) is 16.4 Å². The van der Waals surface area contributed by atoms with Crippen LogP contribution in [-0.4, -0.2) is 57.4 Å². The molecule has 1 aromatic carbocycles. The maximum Gasteiger partial charge on any atom is 0.0695 e. The zero-order valence-electron chi connectivity index (χ0n) is 15.4. The van der Waals surface area contributed by atoms with Crippen molar-refractivity contribution >= 4 is 11.3 Å². The van der Waals surface area contributed by atoms with Gasteiger partial charge in [0.2, 0.25) is 0 Å². The molecule has 142 valence electrons. The van der Waals surface area contributed by atoms with Gasteiger partial charge in [-0.15, -0.1) is 0 Å². The average molecular weight is 383 g/mol. The number of nitrogens with zero attached hydrogens (tertiary/aromatic N) is 3. The van der Waals surface area contributed by atoms with E-state index in [9.17, 15) is 5.11 Å². The molecule has 1 aliphatic heterocycles. The van der Waals surface area contributed by atoms with Crippen molar-refractivity contribution in [2.24, 2.45) is 0 Å². The number of hydrogen-bond donors (Lipinski definition) is 2. The first-order chi connectivity index (χ1) is 13.3. The lowest BCUT2D eigenvalue weighted by Crippen LogP contribution is -2.52. The second-order valence-electron chi connectivity index (χ2n) is 7.14. The van der Waals surface area contributed by atoms with Crippen molar-refractivity contribution in [3.63, 3.8) is 0 Å². The summed E-state index contributed by atoms with van der Waals surface area (Å²) >= 11 is 1.75. The lowest BCUT2D eigenvalue weighted by molar-refractivity contribution is 0.0501. The molecule has 5 nitrogen and oxygen atoms in total. The topological polar surface area (TPSA) is 55.4 Å². The van der Waals surface area contributed by atoms with Crippen LogP contribution in [0.2, 0.25) is 0 Å². The molecule has 1 saturated heterocycles. The second-order valence-corrected chi connectivity index (χ2v) is 7.92. The lowest BCUT2D eigenvalue weighted by Gasteiger charge is -2.41. The molecule has 1 fully saturated rings. The van der Waals surface area contributed by atoms with Crippen LogP contribution in [0.5, 0.6) is 0 Å². The van der Waals surface area contributed by atoms with Gasteiger partial charge < -0.3 is 5.11 Å². The van der Waals surface area contributed by atoms with Gasteiger partial charge >= 0.3 is 0 Å². The fourth-order valence-electron chi connectivity index (χ4n) is 3.88. The van der Waals surface area contributed by atoms with Crippen LogP contribution in [0.25, 0.3) is 11.3 Å². The standard InChI is InChI=1S/C21H26N4OS/c26-10-6-20-15-24(8-9-25(20)13-17-7-11-27-16-17)14-19-12-22-23-21(19)18-4-2-1-3-5-18/h1-5,7,11-12,16,20,26H,6,8-10,13-15H2,(H,22,23)/t20-/m1/s1. The van der Waals surface area contributed by atoms with Crippen LogP contribution in [0.1, 0.15) is 17.5 Å². The fraction of sp³-hybridized carbons (Fsp3) is 0.381. The summed E-state index contributed by atoms with van der Waals surface area (Å²) in [5.41, 5.74) is 4.89. The maximum absolute atomic E-state index is 9.54. The van der Waals surface area contributed by atoms with Gasteiger partial charge in [-0.25, -0.2) is 0 Å². The van der Waals surface area contributed by atoms with Crippen LogP contribution in [0.15, 0.2) is 53.4 Å². The van der Waals surface area contributed by atoms with Gasteiger partial charge in [0.1, 0.15) is 0 Å². The van der Waals surface area contributed by atoms with Gasteiger partial charge in [0, 0.05) is 50.9 Å². The molecule has 2 N–H and O–H groups in total. The molecule has 0 saturated carbocycles. The van der Waals surface area contributed by atoms with Crippen molar-refractivity contribution in [2.75, 3.05) is 26.2 Å². The predicted molar refractivity (Wildman–Crippen MR) is 110 cm³/mol. The van der Waals surface area contributed by atoms with E-state index < -0.39 is 0 Å². The number of benzene rings is 1. The number of thiophene rings is 1. The number of H-pyrrole nitrogens is 1. The Morgan fingerprint density at radius 2 is 2.04 bits per heavy atom. The summed E-state index contributed by atoms with van der Waals surface area (Å²) in [7, 11) is 0. The molecule has 0 aliphatic carbocycles. The SMILES string of the molecule is OCC[C@@H]1CN(Cc2cn[nH]c2-c2ccccc2)CCN1Cc1ccsc1. The summed E-state index contributed by atoms with van der Waals surface area (Å²) in [4.78, 5) is 5.00. The summed E-state index contributed by atoms with van der Waals surface area (Å²) < 4.78 is 0. The third kappa shape index (κ3) is 4.47. The number of aromatic amines is 1. The second kappa shape index (κ2) is 8.80. The Morgan fingerprint density at radius 1 is 1.15 bits per heavy atom. The van der Waals surface area contributed by atoms with Crippen LogP contribution in [-0.2, 0) is 13.1 Å². The predicted octanol–water partition coefficient (Wildman–Crippen LogP) is 3.21. The summed E-state index contributed by atoms with van der Waals surface area (Å²) in [6, 6.07) is 13.0. The minimum Gasteiger partial charge on any atom is -0.396 e. The normalized spacial score (nSPS) is 18.8. The molecule has 0 amide bonds. The maximum atomic E-state index is 9.54. The highest BCUT2D eigenvalue weighted by Gasteiger charge is 2.27. The Kier molecular flexibility index (Phi) is 5.99. The van der Waals surface area contributed by atoms with Gasteiger partial charge in [-0.1, -0.05) is 30.3 Å². The molecule has 6 heteroatoms. The highest BCUT2D eigenvalue weighted by molar-refractivity contribution is 7.07. The fourth-order valence-corrected chi connectivity index (χ4v) is 4.54. The quantitative estimate of drug-likeness (QED) is 0.659. The largest absolute Gasteiger partial charge is 0.396 e. The van der Waals surface area contributed by atoms with E-state index in [0.29, 0.717) is 6.04 Å². The van der Waals surface area contributed by atoms with Crippen molar-refractivity contribution in [3.05, 3.63) is 64.5 Å². The molecule has 3 heterocycles. The van der Waals surface area contributed by atoms with E-state index in [1.165, 1.54) is 16.7 Å². The third-order valence-electron chi connectivity index (χ3n) is 5.29. The monoisotopic (exact) mass is 382 g/mol. The molecule has 0 bridgehead atoms. The zero-order chi connectivity index (χ0) is 18.5. The Bertz CT molecular complexity index is 818. The molecular formula is C21H26N4OS. The lowest BCUT2D eigenvalue weighted by atomic mass is 10.1. The molecule has 27 heavy (non-hydrogen) atoms. The molecule has 2 aromatic heterocycles. The first-order valence-electron chi connectivity index (χ1n) is 9.49.